The third-order valence-electron chi connectivity index (χ3n) is 4.23. The summed E-state index contributed by atoms with van der Waals surface area (Å²) in [7, 11) is 0. The van der Waals surface area contributed by atoms with Crippen molar-refractivity contribution in [1.82, 2.24) is 0 Å². The number of rotatable bonds is 2. The molecule has 0 bridgehead atoms. The first kappa shape index (κ1) is 13.0. The molecule has 1 aromatic heterocycles. The normalized spacial score (nSPS) is 15.3. The van der Waals surface area contributed by atoms with Crippen LogP contribution in [0.15, 0.2) is 42.5 Å². The highest BCUT2D eigenvalue weighted by Gasteiger charge is 2.21. The highest BCUT2D eigenvalue weighted by molar-refractivity contribution is 7.12. The van der Waals surface area contributed by atoms with E-state index < -0.39 is 6.10 Å². The molecule has 0 saturated carbocycles. The second-order valence-corrected chi connectivity index (χ2v) is 6.70. The number of aryl methyl sites for hydroxylation is 2. The van der Waals surface area contributed by atoms with E-state index in [-0.39, 0.29) is 5.82 Å². The number of aliphatic hydroxyl groups excluding tert-OH is 1. The maximum absolute atomic E-state index is 13.9. The minimum absolute atomic E-state index is 0.241. The van der Waals surface area contributed by atoms with Gasteiger partial charge in [-0.3, -0.25) is 0 Å². The number of halogens is 1. The van der Waals surface area contributed by atoms with Crippen LogP contribution in [-0.2, 0) is 12.8 Å². The highest BCUT2D eigenvalue weighted by atomic mass is 32.1. The number of hydrogen-bond donors (Lipinski definition) is 1. The predicted octanol–water partition coefficient (Wildman–Crippen LogP) is 4.61. The molecule has 3 aromatic rings. The summed E-state index contributed by atoms with van der Waals surface area (Å²) in [4.78, 5) is 2.37. The molecule has 4 rings (SSSR count). The van der Waals surface area contributed by atoms with Gasteiger partial charge in [-0.2, -0.15) is 0 Å². The van der Waals surface area contributed by atoms with Gasteiger partial charge >= 0.3 is 0 Å². The van der Waals surface area contributed by atoms with E-state index >= 15 is 0 Å². The van der Waals surface area contributed by atoms with E-state index in [1.165, 1.54) is 22.9 Å². The third kappa shape index (κ3) is 2.08. The molecule has 1 aliphatic rings. The van der Waals surface area contributed by atoms with Crippen molar-refractivity contribution < 1.29 is 9.50 Å². The Morgan fingerprint density at radius 2 is 1.86 bits per heavy atom. The number of fused-ring (bicyclic) bond motifs is 2. The Balaban J connectivity index is 1.83. The topological polar surface area (TPSA) is 20.2 Å². The number of hydrogen-bond acceptors (Lipinski definition) is 2. The van der Waals surface area contributed by atoms with Crippen LogP contribution in [0.25, 0.3) is 10.8 Å². The van der Waals surface area contributed by atoms with Crippen LogP contribution in [0.1, 0.15) is 33.4 Å². The average molecular weight is 298 g/mol. The van der Waals surface area contributed by atoms with Gasteiger partial charge in [0.05, 0.1) is 0 Å². The van der Waals surface area contributed by atoms with Gasteiger partial charge in [-0.25, -0.2) is 4.39 Å². The van der Waals surface area contributed by atoms with Gasteiger partial charge in [-0.1, -0.05) is 30.3 Å². The van der Waals surface area contributed by atoms with Crippen LogP contribution >= 0.6 is 11.3 Å². The summed E-state index contributed by atoms with van der Waals surface area (Å²) in [6, 6.07) is 12.6. The van der Waals surface area contributed by atoms with Gasteiger partial charge in [0.2, 0.25) is 0 Å². The SMILES string of the molecule is OC(c1cc2c(s1)CCC2)c1ccc(F)c2ccccc12. The summed E-state index contributed by atoms with van der Waals surface area (Å²) in [6.07, 6.45) is 2.78. The fourth-order valence-electron chi connectivity index (χ4n) is 3.16. The Morgan fingerprint density at radius 3 is 2.67 bits per heavy atom. The summed E-state index contributed by atoms with van der Waals surface area (Å²) in [5.41, 5.74) is 2.16. The van der Waals surface area contributed by atoms with Crippen molar-refractivity contribution in [2.45, 2.75) is 25.4 Å². The standard InChI is InChI=1S/C18H15FOS/c19-15-9-8-14(12-5-1-2-6-13(12)15)18(20)17-10-11-4-3-7-16(11)21-17/h1-2,5-6,8-10,18,20H,3-4,7H2. The van der Waals surface area contributed by atoms with E-state index in [9.17, 15) is 9.50 Å². The zero-order chi connectivity index (χ0) is 14.4. The van der Waals surface area contributed by atoms with Crippen LogP contribution in [-0.4, -0.2) is 5.11 Å². The maximum Gasteiger partial charge on any atom is 0.131 e. The Morgan fingerprint density at radius 1 is 1.05 bits per heavy atom. The van der Waals surface area contributed by atoms with Gasteiger partial charge in [0.25, 0.3) is 0 Å². The van der Waals surface area contributed by atoms with E-state index in [2.05, 4.69) is 6.07 Å². The molecule has 3 heteroatoms. The Labute approximate surface area is 126 Å². The van der Waals surface area contributed by atoms with Crippen LogP contribution in [0.3, 0.4) is 0 Å². The molecule has 0 fully saturated rings. The second kappa shape index (κ2) is 4.93. The van der Waals surface area contributed by atoms with Crippen molar-refractivity contribution in [2.24, 2.45) is 0 Å². The zero-order valence-corrected chi connectivity index (χ0v) is 12.3. The second-order valence-electron chi connectivity index (χ2n) is 5.54. The number of benzene rings is 2. The molecule has 0 saturated heterocycles. The summed E-state index contributed by atoms with van der Waals surface area (Å²) < 4.78 is 13.9. The van der Waals surface area contributed by atoms with Crippen LogP contribution in [0.2, 0.25) is 0 Å². The molecule has 0 spiro atoms. The molecule has 21 heavy (non-hydrogen) atoms. The van der Waals surface area contributed by atoms with Gasteiger partial charge in [0.1, 0.15) is 11.9 Å². The quantitative estimate of drug-likeness (QED) is 0.732. The lowest BCUT2D eigenvalue weighted by atomic mass is 9.99. The molecular formula is C18H15FOS. The average Bonchev–Trinajstić information content (AvgIpc) is 3.08. The molecule has 1 atom stereocenters. The minimum atomic E-state index is -0.675. The minimum Gasteiger partial charge on any atom is -0.383 e. The fraction of sp³-hybridized carbons (Fsp3) is 0.222. The molecular weight excluding hydrogens is 283 g/mol. The highest BCUT2D eigenvalue weighted by Crippen LogP contribution is 2.38. The molecule has 1 unspecified atom stereocenters. The Hall–Kier alpha value is -1.71. The summed E-state index contributed by atoms with van der Waals surface area (Å²) in [6.45, 7) is 0. The summed E-state index contributed by atoms with van der Waals surface area (Å²) in [5.74, 6) is -0.241. The monoisotopic (exact) mass is 298 g/mol. The van der Waals surface area contributed by atoms with E-state index in [1.807, 2.05) is 18.2 Å². The van der Waals surface area contributed by atoms with Gasteiger partial charge in [-0.05, 0) is 47.9 Å². The first-order chi connectivity index (χ1) is 10.2. The molecule has 0 aliphatic heterocycles. The van der Waals surface area contributed by atoms with E-state index in [1.54, 1.807) is 23.5 Å². The van der Waals surface area contributed by atoms with Crippen LogP contribution < -0.4 is 0 Å². The lowest BCUT2D eigenvalue weighted by molar-refractivity contribution is 0.225. The van der Waals surface area contributed by atoms with Crippen molar-refractivity contribution in [3.05, 3.63) is 69.2 Å². The number of aliphatic hydroxyl groups is 1. The van der Waals surface area contributed by atoms with Crippen LogP contribution in [0, 0.1) is 5.82 Å². The van der Waals surface area contributed by atoms with Gasteiger partial charge in [0, 0.05) is 15.1 Å². The van der Waals surface area contributed by atoms with E-state index in [0.717, 1.165) is 28.7 Å². The fourth-order valence-corrected chi connectivity index (χ4v) is 4.43. The van der Waals surface area contributed by atoms with Gasteiger partial charge in [0.15, 0.2) is 0 Å². The molecule has 0 radical (unpaired) electrons. The van der Waals surface area contributed by atoms with Gasteiger partial charge < -0.3 is 5.11 Å². The predicted molar refractivity (Wildman–Crippen MR) is 84.3 cm³/mol. The summed E-state index contributed by atoms with van der Waals surface area (Å²) >= 11 is 1.69. The molecule has 1 heterocycles. The van der Waals surface area contributed by atoms with Crippen molar-refractivity contribution in [1.29, 1.82) is 0 Å². The first-order valence-corrected chi connectivity index (χ1v) is 8.02. The maximum atomic E-state index is 13.9. The lowest BCUT2D eigenvalue weighted by Crippen LogP contribution is -1.99. The van der Waals surface area contributed by atoms with E-state index in [0.29, 0.717) is 5.39 Å². The molecule has 106 valence electrons. The molecule has 1 nitrogen and oxygen atoms in total. The lowest BCUT2D eigenvalue weighted by Gasteiger charge is -2.13. The number of thiophene rings is 1. The molecule has 2 aromatic carbocycles. The smallest absolute Gasteiger partial charge is 0.131 e. The van der Waals surface area contributed by atoms with Crippen LogP contribution in [0.4, 0.5) is 4.39 Å². The molecule has 1 N–H and O–H groups in total. The van der Waals surface area contributed by atoms with Crippen LogP contribution in [0.5, 0.6) is 0 Å². The molecule has 0 amide bonds. The third-order valence-corrected chi connectivity index (χ3v) is 5.52. The van der Waals surface area contributed by atoms with Crippen molar-refractivity contribution in [2.75, 3.05) is 0 Å². The summed E-state index contributed by atoms with van der Waals surface area (Å²) in [5, 5.41) is 12.1. The molecule has 1 aliphatic carbocycles. The zero-order valence-electron chi connectivity index (χ0n) is 11.5. The largest absolute Gasteiger partial charge is 0.383 e. The Bertz CT molecular complexity index is 800. The van der Waals surface area contributed by atoms with Crippen molar-refractivity contribution >= 4 is 22.1 Å². The van der Waals surface area contributed by atoms with E-state index in [4.69, 9.17) is 0 Å². The first-order valence-electron chi connectivity index (χ1n) is 7.21. The van der Waals surface area contributed by atoms with Crippen molar-refractivity contribution in [3.8, 4) is 0 Å². The Kier molecular flexibility index (Phi) is 3.05. The van der Waals surface area contributed by atoms with Crippen molar-refractivity contribution in [3.63, 3.8) is 0 Å². The van der Waals surface area contributed by atoms with Gasteiger partial charge in [-0.15, -0.1) is 11.3 Å².